The molecule has 3 rings (SSSR count). The third-order valence-electron chi connectivity index (χ3n) is 2.74. The number of halogens is 1. The predicted molar refractivity (Wildman–Crippen MR) is 77.1 cm³/mol. The molecule has 0 saturated carbocycles. The number of benzene rings is 1. The van der Waals surface area contributed by atoms with E-state index in [2.05, 4.69) is 4.98 Å². The topological polar surface area (TPSA) is 30.0 Å². The van der Waals surface area contributed by atoms with Gasteiger partial charge in [-0.3, -0.25) is 4.79 Å². The van der Waals surface area contributed by atoms with Crippen molar-refractivity contribution in [2.45, 2.75) is 6.92 Å². The van der Waals surface area contributed by atoms with Gasteiger partial charge in [-0.25, -0.2) is 4.98 Å². The van der Waals surface area contributed by atoms with Crippen LogP contribution in [0.3, 0.4) is 0 Å². The molecule has 1 aromatic carbocycles. The number of ketones is 1. The van der Waals surface area contributed by atoms with Gasteiger partial charge in [0.05, 0.1) is 15.9 Å². The number of carbonyl (C=O) groups excluding carboxylic acids is 1. The summed E-state index contributed by atoms with van der Waals surface area (Å²) in [6.07, 6.45) is 0. The molecule has 0 spiro atoms. The highest BCUT2D eigenvalue weighted by atomic mass is 35.5. The number of fused-ring (bicyclic) bond motifs is 1. The molecule has 90 valence electrons. The number of hydrogen-bond acceptors (Lipinski definition) is 4. The van der Waals surface area contributed by atoms with E-state index in [4.69, 9.17) is 11.6 Å². The van der Waals surface area contributed by atoms with Gasteiger partial charge in [0.25, 0.3) is 0 Å². The molecule has 0 N–H and O–H groups in total. The van der Waals surface area contributed by atoms with Gasteiger partial charge in [-0.1, -0.05) is 11.6 Å². The van der Waals surface area contributed by atoms with Gasteiger partial charge >= 0.3 is 0 Å². The van der Waals surface area contributed by atoms with Crippen molar-refractivity contribution in [3.8, 4) is 0 Å². The summed E-state index contributed by atoms with van der Waals surface area (Å²) in [5.41, 5.74) is 4.39. The monoisotopic (exact) mass is 293 g/mol. The number of rotatable bonds is 2. The molecule has 0 aliphatic carbocycles. The maximum Gasteiger partial charge on any atom is 0.203 e. The van der Waals surface area contributed by atoms with Crippen molar-refractivity contribution in [3.63, 3.8) is 0 Å². The van der Waals surface area contributed by atoms with Gasteiger partial charge in [0.2, 0.25) is 5.78 Å². The van der Waals surface area contributed by atoms with E-state index in [1.165, 1.54) is 11.3 Å². The fraction of sp³-hybridized carbons (Fsp3) is 0.0769. The van der Waals surface area contributed by atoms with Crippen LogP contribution in [0.4, 0.5) is 0 Å². The summed E-state index contributed by atoms with van der Waals surface area (Å²) in [5.74, 6) is 0.0411. The van der Waals surface area contributed by atoms with Gasteiger partial charge in [-0.05, 0) is 36.8 Å². The predicted octanol–water partition coefficient (Wildman–Crippen LogP) is 4.55. The average Bonchev–Trinajstić information content (AvgIpc) is 2.93. The van der Waals surface area contributed by atoms with E-state index < -0.39 is 0 Å². The summed E-state index contributed by atoms with van der Waals surface area (Å²) in [6, 6.07) is 6.98. The van der Waals surface area contributed by atoms with Gasteiger partial charge < -0.3 is 0 Å². The molecule has 2 aromatic heterocycles. The first-order valence-corrected chi connectivity index (χ1v) is 7.37. The van der Waals surface area contributed by atoms with Crippen molar-refractivity contribution < 1.29 is 4.79 Å². The van der Waals surface area contributed by atoms with Gasteiger partial charge in [-0.15, -0.1) is 22.7 Å². The van der Waals surface area contributed by atoms with E-state index in [0.29, 0.717) is 10.6 Å². The highest BCUT2D eigenvalue weighted by Gasteiger charge is 2.18. The molecular weight excluding hydrogens is 286 g/mol. The second kappa shape index (κ2) is 4.46. The Kier molecular flexibility index (Phi) is 2.93. The number of nitrogens with zero attached hydrogens (tertiary/aromatic N) is 1. The summed E-state index contributed by atoms with van der Waals surface area (Å²) < 4.78 is 1.10. The fourth-order valence-electron chi connectivity index (χ4n) is 1.78. The molecule has 5 heteroatoms. The minimum atomic E-state index is 0.0411. The minimum absolute atomic E-state index is 0.0411. The van der Waals surface area contributed by atoms with E-state index in [0.717, 1.165) is 20.0 Å². The Bertz CT molecular complexity index is 727. The molecule has 0 fully saturated rings. The van der Waals surface area contributed by atoms with Crippen molar-refractivity contribution in [2.75, 3.05) is 0 Å². The summed E-state index contributed by atoms with van der Waals surface area (Å²) in [4.78, 5) is 17.4. The molecule has 18 heavy (non-hydrogen) atoms. The molecule has 2 nitrogen and oxygen atoms in total. The Hall–Kier alpha value is -1.23. The Morgan fingerprint density at radius 3 is 2.67 bits per heavy atom. The number of hydrogen-bond donors (Lipinski definition) is 0. The van der Waals surface area contributed by atoms with Crippen LogP contribution in [0.2, 0.25) is 5.02 Å². The SMILES string of the molecule is Cc1c(C(=O)c2ccc(Cl)cc2)sc2scnc12. The first-order valence-electron chi connectivity index (χ1n) is 5.29. The van der Waals surface area contributed by atoms with Crippen LogP contribution in [-0.2, 0) is 0 Å². The van der Waals surface area contributed by atoms with Crippen LogP contribution in [0, 0.1) is 6.92 Å². The zero-order valence-electron chi connectivity index (χ0n) is 9.44. The van der Waals surface area contributed by atoms with Crippen molar-refractivity contribution in [1.29, 1.82) is 0 Å². The second-order valence-electron chi connectivity index (χ2n) is 3.88. The molecule has 3 aromatic rings. The zero-order chi connectivity index (χ0) is 12.7. The lowest BCUT2D eigenvalue weighted by Crippen LogP contribution is -2.00. The van der Waals surface area contributed by atoms with Gasteiger partial charge in [0.15, 0.2) is 0 Å². The lowest BCUT2D eigenvalue weighted by atomic mass is 10.1. The van der Waals surface area contributed by atoms with E-state index in [1.807, 2.05) is 12.4 Å². The van der Waals surface area contributed by atoms with Crippen LogP contribution in [-0.4, -0.2) is 10.8 Å². The lowest BCUT2D eigenvalue weighted by Gasteiger charge is -1.99. The van der Waals surface area contributed by atoms with E-state index in [1.54, 1.807) is 35.6 Å². The van der Waals surface area contributed by atoms with Crippen LogP contribution < -0.4 is 0 Å². The van der Waals surface area contributed by atoms with Crippen molar-refractivity contribution in [1.82, 2.24) is 4.98 Å². The molecule has 0 bridgehead atoms. The Labute approximate surface area is 117 Å². The van der Waals surface area contributed by atoms with Crippen LogP contribution >= 0.6 is 34.3 Å². The van der Waals surface area contributed by atoms with E-state index in [9.17, 15) is 4.79 Å². The number of aryl methyl sites for hydroxylation is 1. The summed E-state index contributed by atoms with van der Waals surface area (Å²) in [6.45, 7) is 1.95. The summed E-state index contributed by atoms with van der Waals surface area (Å²) in [5, 5.41) is 0.636. The molecule has 0 atom stereocenters. The first-order chi connectivity index (χ1) is 8.66. The highest BCUT2D eigenvalue weighted by molar-refractivity contribution is 7.38. The van der Waals surface area contributed by atoms with Crippen LogP contribution in [0.25, 0.3) is 9.53 Å². The van der Waals surface area contributed by atoms with Gasteiger partial charge in [0.1, 0.15) is 4.01 Å². The van der Waals surface area contributed by atoms with Gasteiger partial charge in [0, 0.05) is 10.6 Å². The largest absolute Gasteiger partial charge is 0.288 e. The van der Waals surface area contributed by atoms with Crippen molar-refractivity contribution >= 4 is 49.6 Å². The van der Waals surface area contributed by atoms with E-state index >= 15 is 0 Å². The number of carbonyl (C=O) groups is 1. The normalized spacial score (nSPS) is 11.0. The zero-order valence-corrected chi connectivity index (χ0v) is 11.8. The quantitative estimate of drug-likeness (QED) is 0.649. The van der Waals surface area contributed by atoms with Crippen molar-refractivity contribution in [2.24, 2.45) is 0 Å². The standard InChI is InChI=1S/C13H8ClNOS2/c1-7-10-13(17-6-15-10)18-12(7)11(16)8-2-4-9(14)5-3-8/h2-6H,1H3. The van der Waals surface area contributed by atoms with E-state index in [-0.39, 0.29) is 5.78 Å². The Balaban J connectivity index is 2.08. The number of thiophene rings is 1. The van der Waals surface area contributed by atoms with Crippen LogP contribution in [0.1, 0.15) is 20.8 Å². The minimum Gasteiger partial charge on any atom is -0.288 e. The maximum absolute atomic E-state index is 12.4. The average molecular weight is 294 g/mol. The smallest absolute Gasteiger partial charge is 0.203 e. The highest BCUT2D eigenvalue weighted by Crippen LogP contribution is 2.34. The molecule has 0 aliphatic heterocycles. The first kappa shape index (κ1) is 11.8. The third kappa shape index (κ3) is 1.86. The summed E-state index contributed by atoms with van der Waals surface area (Å²) >= 11 is 8.91. The molecule has 0 saturated heterocycles. The molecule has 0 unspecified atom stereocenters. The second-order valence-corrected chi connectivity index (χ2v) is 6.45. The molecule has 0 aliphatic rings. The third-order valence-corrected chi connectivity index (χ3v) is 5.22. The Morgan fingerprint density at radius 2 is 2.00 bits per heavy atom. The summed E-state index contributed by atoms with van der Waals surface area (Å²) in [7, 11) is 0. The van der Waals surface area contributed by atoms with Crippen molar-refractivity contribution in [3.05, 3.63) is 50.8 Å². The lowest BCUT2D eigenvalue weighted by molar-refractivity contribution is 0.104. The maximum atomic E-state index is 12.4. The molecule has 2 heterocycles. The van der Waals surface area contributed by atoms with Crippen LogP contribution in [0.15, 0.2) is 29.8 Å². The number of aromatic nitrogens is 1. The number of thiazole rings is 1. The fourth-order valence-corrected chi connectivity index (χ4v) is 4.00. The molecule has 0 radical (unpaired) electrons. The molecule has 0 amide bonds. The van der Waals surface area contributed by atoms with Gasteiger partial charge in [-0.2, -0.15) is 0 Å². The van der Waals surface area contributed by atoms with Crippen LogP contribution in [0.5, 0.6) is 0 Å². The molecular formula is C13H8ClNOS2. The Morgan fingerprint density at radius 1 is 1.28 bits per heavy atom.